The molecule has 0 heterocycles. The van der Waals surface area contributed by atoms with E-state index in [1.54, 1.807) is 0 Å². The van der Waals surface area contributed by atoms with Crippen LogP contribution in [0.1, 0.15) is 18.1 Å². The van der Waals surface area contributed by atoms with Crippen molar-refractivity contribution in [2.24, 2.45) is 0 Å². The zero-order valence-corrected chi connectivity index (χ0v) is 14.3. The van der Waals surface area contributed by atoms with E-state index in [-0.39, 0.29) is 16.5 Å². The van der Waals surface area contributed by atoms with E-state index in [4.69, 9.17) is 16.3 Å². The predicted octanol–water partition coefficient (Wildman–Crippen LogP) is 5.78. The Morgan fingerprint density at radius 3 is 2.00 bits per heavy atom. The Hall–Kier alpha value is -2.42. The van der Waals surface area contributed by atoms with E-state index in [2.05, 4.69) is 5.32 Å². The van der Waals surface area contributed by atoms with Crippen molar-refractivity contribution in [3.8, 4) is 5.75 Å². The molecule has 0 bridgehead atoms. The molecule has 0 aliphatic carbocycles. The van der Waals surface area contributed by atoms with Gasteiger partial charge >= 0.3 is 12.4 Å². The van der Waals surface area contributed by atoms with Gasteiger partial charge in [0, 0.05) is 0 Å². The van der Waals surface area contributed by atoms with Crippen molar-refractivity contribution in [1.29, 1.82) is 0 Å². The number of benzene rings is 2. The van der Waals surface area contributed by atoms with Crippen molar-refractivity contribution in [3.05, 3.63) is 58.6 Å². The molecule has 0 fully saturated rings. The molecule has 1 N–H and O–H groups in total. The van der Waals surface area contributed by atoms with Gasteiger partial charge in [0.05, 0.1) is 21.8 Å². The molecule has 27 heavy (non-hydrogen) atoms. The summed E-state index contributed by atoms with van der Waals surface area (Å²) in [7, 11) is 0. The van der Waals surface area contributed by atoms with E-state index in [9.17, 15) is 31.1 Å². The second-order valence-corrected chi connectivity index (χ2v) is 5.87. The Balaban J connectivity index is 2.08. The lowest BCUT2D eigenvalue weighted by Gasteiger charge is -2.17. The minimum Gasteiger partial charge on any atom is -0.481 e. The summed E-state index contributed by atoms with van der Waals surface area (Å²) in [6, 6.07) is 6.05. The summed E-state index contributed by atoms with van der Waals surface area (Å²) >= 11 is 5.79. The maximum atomic E-state index is 12.7. The van der Waals surface area contributed by atoms with Crippen molar-refractivity contribution in [1.82, 2.24) is 0 Å². The molecule has 0 aliphatic heterocycles. The summed E-state index contributed by atoms with van der Waals surface area (Å²) in [6.07, 6.45) is -10.3. The van der Waals surface area contributed by atoms with Gasteiger partial charge in [0.15, 0.2) is 6.10 Å². The van der Waals surface area contributed by atoms with E-state index in [0.29, 0.717) is 6.07 Å². The van der Waals surface area contributed by atoms with Crippen molar-refractivity contribution in [3.63, 3.8) is 0 Å². The number of anilines is 1. The first-order valence-corrected chi connectivity index (χ1v) is 7.77. The predicted molar refractivity (Wildman–Crippen MR) is 86.6 cm³/mol. The van der Waals surface area contributed by atoms with E-state index < -0.39 is 35.5 Å². The summed E-state index contributed by atoms with van der Waals surface area (Å²) in [5.74, 6) is -0.836. The molecule has 3 nitrogen and oxygen atoms in total. The molecule has 1 atom stereocenters. The van der Waals surface area contributed by atoms with Gasteiger partial charge in [0.25, 0.3) is 5.91 Å². The zero-order chi connectivity index (χ0) is 20.4. The number of ether oxygens (including phenoxy) is 1. The third-order valence-electron chi connectivity index (χ3n) is 3.42. The molecule has 2 aromatic carbocycles. The number of alkyl halides is 6. The summed E-state index contributed by atoms with van der Waals surface area (Å²) < 4.78 is 81.0. The minimum atomic E-state index is -4.62. The molecule has 146 valence electrons. The second kappa shape index (κ2) is 7.67. The number of rotatable bonds is 4. The van der Waals surface area contributed by atoms with Crippen LogP contribution < -0.4 is 10.1 Å². The molecular formula is C17H12ClF6NO2. The standard InChI is InChI=1S/C17H12ClF6NO2/c1-9(27-12-5-2-10(3-6-12)16(19,20)21)15(26)25-14-8-11(17(22,23)24)4-7-13(14)18/h2-9H,1H3,(H,25,26)/t9-/m1/s1. The molecule has 0 aliphatic rings. The molecule has 2 rings (SSSR count). The van der Waals surface area contributed by atoms with E-state index in [1.165, 1.54) is 6.92 Å². The first kappa shape index (κ1) is 20.9. The summed E-state index contributed by atoms with van der Waals surface area (Å²) in [5, 5.41) is 2.09. The second-order valence-electron chi connectivity index (χ2n) is 5.46. The van der Waals surface area contributed by atoms with Crippen LogP contribution in [0, 0.1) is 0 Å². The molecule has 2 aromatic rings. The highest BCUT2D eigenvalue weighted by Crippen LogP contribution is 2.34. The number of amides is 1. The molecule has 1 amide bonds. The average Bonchev–Trinajstić information content (AvgIpc) is 2.55. The largest absolute Gasteiger partial charge is 0.481 e. The quantitative estimate of drug-likeness (QED) is 0.647. The highest BCUT2D eigenvalue weighted by atomic mass is 35.5. The monoisotopic (exact) mass is 411 g/mol. The van der Waals surface area contributed by atoms with Crippen molar-refractivity contribution >= 4 is 23.2 Å². The lowest BCUT2D eigenvalue weighted by atomic mass is 10.2. The van der Waals surface area contributed by atoms with E-state index in [1.807, 2.05) is 0 Å². The van der Waals surface area contributed by atoms with Crippen LogP contribution in [-0.2, 0) is 17.1 Å². The summed E-state index contributed by atoms with van der Waals surface area (Å²) in [5.41, 5.74) is -2.15. The average molecular weight is 412 g/mol. The maximum absolute atomic E-state index is 12.7. The maximum Gasteiger partial charge on any atom is 0.416 e. The van der Waals surface area contributed by atoms with Crippen molar-refractivity contribution in [2.45, 2.75) is 25.4 Å². The van der Waals surface area contributed by atoms with Crippen LogP contribution in [-0.4, -0.2) is 12.0 Å². The van der Waals surface area contributed by atoms with Gasteiger partial charge in [0.2, 0.25) is 0 Å². The van der Waals surface area contributed by atoms with Gasteiger partial charge in [-0.25, -0.2) is 0 Å². The number of nitrogens with one attached hydrogen (secondary N) is 1. The van der Waals surface area contributed by atoms with Crippen LogP contribution in [0.2, 0.25) is 5.02 Å². The lowest BCUT2D eigenvalue weighted by Crippen LogP contribution is -2.30. The van der Waals surface area contributed by atoms with E-state index in [0.717, 1.165) is 36.4 Å². The van der Waals surface area contributed by atoms with Crippen LogP contribution in [0.15, 0.2) is 42.5 Å². The minimum absolute atomic E-state index is 0.0132. The number of halogens is 7. The number of carbonyl (C=O) groups excluding carboxylic acids is 1. The normalized spacial score (nSPS) is 13.2. The molecule has 0 spiro atoms. The highest BCUT2D eigenvalue weighted by Gasteiger charge is 2.32. The Morgan fingerprint density at radius 2 is 1.48 bits per heavy atom. The van der Waals surface area contributed by atoms with Gasteiger partial charge in [-0.15, -0.1) is 0 Å². The third-order valence-corrected chi connectivity index (χ3v) is 3.74. The third kappa shape index (κ3) is 5.53. The molecule has 0 saturated heterocycles. The summed E-state index contributed by atoms with van der Waals surface area (Å²) in [4.78, 5) is 12.1. The first-order valence-electron chi connectivity index (χ1n) is 7.39. The lowest BCUT2D eigenvalue weighted by molar-refractivity contribution is -0.138. The molecule has 0 aromatic heterocycles. The topological polar surface area (TPSA) is 38.3 Å². The number of hydrogen-bond acceptors (Lipinski definition) is 2. The van der Waals surface area contributed by atoms with Crippen LogP contribution in [0.3, 0.4) is 0 Å². The fraction of sp³-hybridized carbons (Fsp3) is 0.235. The Bertz CT molecular complexity index is 818. The van der Waals surface area contributed by atoms with Crippen LogP contribution in [0.5, 0.6) is 5.75 Å². The van der Waals surface area contributed by atoms with Crippen LogP contribution >= 0.6 is 11.6 Å². The van der Waals surface area contributed by atoms with Crippen LogP contribution in [0.25, 0.3) is 0 Å². The first-order chi connectivity index (χ1) is 12.4. The number of carbonyl (C=O) groups is 1. The zero-order valence-electron chi connectivity index (χ0n) is 13.6. The van der Waals surface area contributed by atoms with Gasteiger partial charge in [-0.2, -0.15) is 26.3 Å². The SMILES string of the molecule is C[C@@H](Oc1ccc(C(F)(F)F)cc1)C(=O)Nc1cc(C(F)(F)F)ccc1Cl. The molecule has 0 radical (unpaired) electrons. The summed E-state index contributed by atoms with van der Waals surface area (Å²) in [6.45, 7) is 1.29. The molecule has 10 heteroatoms. The number of hydrogen-bond donors (Lipinski definition) is 1. The van der Waals surface area contributed by atoms with E-state index >= 15 is 0 Å². The van der Waals surface area contributed by atoms with Gasteiger partial charge in [-0.1, -0.05) is 11.6 Å². The molecule has 0 saturated carbocycles. The van der Waals surface area contributed by atoms with Crippen molar-refractivity contribution in [2.75, 3.05) is 5.32 Å². The van der Waals surface area contributed by atoms with Crippen molar-refractivity contribution < 1.29 is 35.9 Å². The van der Waals surface area contributed by atoms with Crippen LogP contribution in [0.4, 0.5) is 32.0 Å². The molecule has 0 unspecified atom stereocenters. The Morgan fingerprint density at radius 1 is 0.963 bits per heavy atom. The fourth-order valence-electron chi connectivity index (χ4n) is 2.01. The molecular weight excluding hydrogens is 400 g/mol. The van der Waals surface area contributed by atoms with Gasteiger partial charge in [-0.3, -0.25) is 4.79 Å². The Kier molecular flexibility index (Phi) is 5.94. The Labute approximate surface area is 154 Å². The van der Waals surface area contributed by atoms with Gasteiger partial charge in [-0.05, 0) is 49.4 Å². The highest BCUT2D eigenvalue weighted by molar-refractivity contribution is 6.33. The van der Waals surface area contributed by atoms with Gasteiger partial charge in [0.1, 0.15) is 5.75 Å². The smallest absolute Gasteiger partial charge is 0.416 e. The fourth-order valence-corrected chi connectivity index (χ4v) is 2.18. The van der Waals surface area contributed by atoms with Gasteiger partial charge < -0.3 is 10.1 Å².